The first-order chi connectivity index (χ1) is 13.4. The van der Waals surface area contributed by atoms with E-state index in [9.17, 15) is 17.6 Å². The summed E-state index contributed by atoms with van der Waals surface area (Å²) in [7, 11) is -3.68. The second-order valence-electron chi connectivity index (χ2n) is 6.01. The van der Waals surface area contributed by atoms with Crippen molar-refractivity contribution in [1.29, 1.82) is 0 Å². The second-order valence-corrected chi connectivity index (χ2v) is 8.16. The van der Waals surface area contributed by atoms with E-state index in [1.165, 1.54) is 25.1 Å². The van der Waals surface area contributed by atoms with Crippen LogP contribution in [0.5, 0.6) is 0 Å². The lowest BCUT2D eigenvalue weighted by molar-refractivity contribution is 0.0925. The van der Waals surface area contributed by atoms with Gasteiger partial charge >= 0.3 is 5.22 Å². The predicted octanol–water partition coefficient (Wildman–Crippen LogP) is 2.72. The lowest BCUT2D eigenvalue weighted by Gasteiger charge is -2.15. The molecule has 28 heavy (non-hydrogen) atoms. The predicted molar refractivity (Wildman–Crippen MR) is 98.8 cm³/mol. The van der Waals surface area contributed by atoms with Crippen molar-refractivity contribution in [3.05, 3.63) is 77.4 Å². The maximum absolute atomic E-state index is 13.9. The number of carbonyl (C=O) groups excluding carboxylic acids is 1. The van der Waals surface area contributed by atoms with Gasteiger partial charge in [-0.3, -0.25) is 4.79 Å². The molecule has 1 amide bonds. The highest BCUT2D eigenvalue weighted by Gasteiger charge is 2.27. The first-order valence-electron chi connectivity index (χ1n) is 8.56. The van der Waals surface area contributed by atoms with E-state index in [2.05, 4.69) is 15.5 Å². The molecule has 3 rings (SSSR count). The third-order valence-corrected chi connectivity index (χ3v) is 5.53. The molecule has 0 saturated carbocycles. The van der Waals surface area contributed by atoms with E-state index in [-0.39, 0.29) is 23.6 Å². The summed E-state index contributed by atoms with van der Waals surface area (Å²) >= 11 is 0. The van der Waals surface area contributed by atoms with Crippen molar-refractivity contribution in [1.82, 2.24) is 15.5 Å². The summed E-state index contributed by atoms with van der Waals surface area (Å²) in [5.74, 6) is -1.60. The van der Waals surface area contributed by atoms with Crippen molar-refractivity contribution in [3.8, 4) is 0 Å². The fourth-order valence-corrected chi connectivity index (χ4v) is 3.17. The molecule has 9 heteroatoms. The first-order valence-corrected chi connectivity index (χ1v) is 10.2. The van der Waals surface area contributed by atoms with E-state index in [0.717, 1.165) is 5.56 Å². The molecule has 3 aromatic rings. The molecule has 0 saturated heterocycles. The molecule has 0 spiro atoms. The number of hydrogen-bond acceptors (Lipinski definition) is 6. The summed E-state index contributed by atoms with van der Waals surface area (Å²) in [4.78, 5) is 12.5. The number of nitrogens with zero attached hydrogens (tertiary/aromatic N) is 2. The number of rotatable bonds is 7. The zero-order valence-corrected chi connectivity index (χ0v) is 15.8. The molecule has 0 bridgehead atoms. The molecule has 1 heterocycles. The molecule has 7 nitrogen and oxygen atoms in total. The Morgan fingerprint density at radius 3 is 2.46 bits per heavy atom. The number of sulfone groups is 1. The van der Waals surface area contributed by atoms with Crippen LogP contribution in [0.2, 0.25) is 0 Å². The average Bonchev–Trinajstić information content (AvgIpc) is 3.20. The van der Waals surface area contributed by atoms with Crippen LogP contribution in [-0.2, 0) is 16.3 Å². The van der Waals surface area contributed by atoms with Crippen molar-refractivity contribution in [2.75, 3.05) is 5.75 Å². The molecule has 2 aromatic carbocycles. The highest BCUT2D eigenvalue weighted by atomic mass is 32.2. The highest BCUT2D eigenvalue weighted by Crippen LogP contribution is 2.21. The molecule has 1 N–H and O–H groups in total. The van der Waals surface area contributed by atoms with Gasteiger partial charge in [-0.15, -0.1) is 5.10 Å². The van der Waals surface area contributed by atoms with Gasteiger partial charge in [0.1, 0.15) is 11.9 Å². The monoisotopic (exact) mass is 403 g/mol. The van der Waals surface area contributed by atoms with Crippen LogP contribution in [0.1, 0.15) is 34.8 Å². The summed E-state index contributed by atoms with van der Waals surface area (Å²) < 4.78 is 43.2. The van der Waals surface area contributed by atoms with Crippen molar-refractivity contribution in [2.24, 2.45) is 0 Å². The lowest BCUT2D eigenvalue weighted by Crippen LogP contribution is -2.31. The van der Waals surface area contributed by atoms with Gasteiger partial charge in [0.15, 0.2) is 0 Å². The number of nitrogens with one attached hydrogen (secondary N) is 1. The zero-order chi connectivity index (χ0) is 20.1. The molecule has 0 aliphatic heterocycles. The van der Waals surface area contributed by atoms with Crippen molar-refractivity contribution >= 4 is 15.7 Å². The zero-order valence-electron chi connectivity index (χ0n) is 15.0. The van der Waals surface area contributed by atoms with E-state index in [1.54, 1.807) is 6.07 Å². The van der Waals surface area contributed by atoms with E-state index < -0.39 is 32.8 Å². The van der Waals surface area contributed by atoms with Gasteiger partial charge in [-0.25, -0.2) is 12.8 Å². The summed E-state index contributed by atoms with van der Waals surface area (Å²) in [5, 5.41) is 9.52. The topological polar surface area (TPSA) is 102 Å². The number of aromatic nitrogens is 2. The number of amides is 1. The number of halogens is 1. The van der Waals surface area contributed by atoms with E-state index in [0.29, 0.717) is 0 Å². The number of benzene rings is 2. The molecule has 1 aromatic heterocycles. The molecule has 1 atom stereocenters. The second kappa shape index (κ2) is 8.30. The summed E-state index contributed by atoms with van der Waals surface area (Å²) in [6.45, 7) is 1.46. The quantitative estimate of drug-likeness (QED) is 0.651. The third-order valence-electron chi connectivity index (χ3n) is 4.07. The van der Waals surface area contributed by atoms with Gasteiger partial charge in [0.05, 0.1) is 11.3 Å². The van der Waals surface area contributed by atoms with Gasteiger partial charge in [0.2, 0.25) is 15.7 Å². The van der Waals surface area contributed by atoms with Crippen molar-refractivity contribution < 1.29 is 22.0 Å². The number of hydrogen-bond donors (Lipinski definition) is 1. The van der Waals surface area contributed by atoms with Gasteiger partial charge in [-0.05, 0) is 17.7 Å². The Labute approximate surface area is 161 Å². The summed E-state index contributed by atoms with van der Waals surface area (Å²) in [6, 6.07) is 13.9. The SMILES string of the molecule is CCS(=O)(=O)c1nnc([C@H](Cc2ccccc2)NC(=O)c2ccccc2F)o1. The fourth-order valence-electron chi connectivity index (χ4n) is 2.54. The molecule has 0 unspecified atom stereocenters. The van der Waals surface area contributed by atoms with E-state index in [4.69, 9.17) is 4.42 Å². The number of carbonyl (C=O) groups is 1. The van der Waals surface area contributed by atoms with Gasteiger partial charge in [0, 0.05) is 6.42 Å². The van der Waals surface area contributed by atoms with Crippen LogP contribution >= 0.6 is 0 Å². The molecular formula is C19H18FN3O4S. The Morgan fingerprint density at radius 2 is 1.79 bits per heavy atom. The molecule has 0 radical (unpaired) electrons. The van der Waals surface area contributed by atoms with Crippen LogP contribution in [0.15, 0.2) is 64.2 Å². The van der Waals surface area contributed by atoms with Crippen molar-refractivity contribution in [3.63, 3.8) is 0 Å². The molecular weight excluding hydrogens is 385 g/mol. The van der Waals surface area contributed by atoms with E-state index >= 15 is 0 Å². The highest BCUT2D eigenvalue weighted by molar-refractivity contribution is 7.91. The molecule has 0 aliphatic rings. The van der Waals surface area contributed by atoms with Gasteiger partial charge in [-0.1, -0.05) is 54.5 Å². The molecule has 146 valence electrons. The first kappa shape index (κ1) is 19.7. The summed E-state index contributed by atoms with van der Waals surface area (Å²) in [6.07, 6.45) is 0.259. The van der Waals surface area contributed by atoms with Gasteiger partial charge in [-0.2, -0.15) is 0 Å². The Balaban J connectivity index is 1.92. The molecule has 0 fully saturated rings. The maximum Gasteiger partial charge on any atom is 0.335 e. The van der Waals surface area contributed by atoms with Crippen LogP contribution in [0, 0.1) is 5.82 Å². The minimum absolute atomic E-state index is 0.0689. The van der Waals surface area contributed by atoms with E-state index in [1.807, 2.05) is 30.3 Å². The van der Waals surface area contributed by atoms with Gasteiger partial charge in [0.25, 0.3) is 5.91 Å². The lowest BCUT2D eigenvalue weighted by atomic mass is 10.1. The average molecular weight is 403 g/mol. The van der Waals surface area contributed by atoms with Crippen LogP contribution in [0.25, 0.3) is 0 Å². The Hall–Kier alpha value is -3.07. The van der Waals surface area contributed by atoms with Crippen LogP contribution < -0.4 is 5.32 Å². The summed E-state index contributed by atoms with van der Waals surface area (Å²) in [5.41, 5.74) is 0.709. The van der Waals surface area contributed by atoms with Crippen LogP contribution in [-0.4, -0.2) is 30.3 Å². The van der Waals surface area contributed by atoms with Crippen LogP contribution in [0.4, 0.5) is 4.39 Å². The third kappa shape index (κ3) is 4.42. The Bertz CT molecular complexity index is 1070. The van der Waals surface area contributed by atoms with Crippen molar-refractivity contribution in [2.45, 2.75) is 24.6 Å². The minimum atomic E-state index is -3.68. The van der Waals surface area contributed by atoms with Gasteiger partial charge < -0.3 is 9.73 Å². The minimum Gasteiger partial charge on any atom is -0.410 e. The fraction of sp³-hybridized carbons (Fsp3) is 0.211. The Kier molecular flexibility index (Phi) is 5.84. The normalized spacial score (nSPS) is 12.5. The molecule has 0 aliphatic carbocycles. The van der Waals surface area contributed by atoms with Crippen LogP contribution in [0.3, 0.4) is 0 Å². The maximum atomic E-state index is 13.9. The Morgan fingerprint density at radius 1 is 1.11 bits per heavy atom. The smallest absolute Gasteiger partial charge is 0.335 e. The standard InChI is InChI=1S/C19H18FN3O4S/c1-2-28(25,26)19-23-22-18(27-19)16(12-13-8-4-3-5-9-13)21-17(24)14-10-6-7-11-15(14)20/h3-11,16H,2,12H2,1H3,(H,21,24)/t16-/m0/s1. The largest absolute Gasteiger partial charge is 0.410 e.